The molecule has 24 heavy (non-hydrogen) atoms. The average Bonchev–Trinajstić information content (AvgIpc) is 2.57. The molecule has 122 valence electrons. The highest BCUT2D eigenvalue weighted by molar-refractivity contribution is 5.90. The Morgan fingerprint density at radius 2 is 1.42 bits per heavy atom. The SMILES string of the molecule is C=COC(=O)c1ccc(Oc2ccc(C(=O)OC=C)cc2C)cc1. The molecule has 0 saturated carbocycles. The summed E-state index contributed by atoms with van der Waals surface area (Å²) in [5, 5.41) is 0. The summed E-state index contributed by atoms with van der Waals surface area (Å²) < 4.78 is 15.2. The molecule has 0 fully saturated rings. The van der Waals surface area contributed by atoms with Crippen LogP contribution in [0.1, 0.15) is 26.3 Å². The highest BCUT2D eigenvalue weighted by atomic mass is 16.5. The first-order valence-electron chi connectivity index (χ1n) is 7.07. The highest BCUT2D eigenvalue weighted by Crippen LogP contribution is 2.26. The van der Waals surface area contributed by atoms with Gasteiger partial charge in [0.1, 0.15) is 11.5 Å². The second-order valence-corrected chi connectivity index (χ2v) is 4.75. The molecule has 0 saturated heterocycles. The zero-order chi connectivity index (χ0) is 17.5. The molecule has 0 atom stereocenters. The molecule has 2 aromatic rings. The average molecular weight is 324 g/mol. The van der Waals surface area contributed by atoms with Gasteiger partial charge in [0.05, 0.1) is 23.7 Å². The Labute approximate surface area is 139 Å². The molecule has 0 aliphatic rings. The van der Waals surface area contributed by atoms with Gasteiger partial charge in [-0.05, 0) is 55.0 Å². The number of hydrogen-bond acceptors (Lipinski definition) is 5. The smallest absolute Gasteiger partial charge is 0.342 e. The van der Waals surface area contributed by atoms with E-state index in [0.29, 0.717) is 22.6 Å². The van der Waals surface area contributed by atoms with Gasteiger partial charge in [0.15, 0.2) is 0 Å². The molecule has 0 aliphatic heterocycles. The molecule has 2 aromatic carbocycles. The van der Waals surface area contributed by atoms with Gasteiger partial charge in [0.2, 0.25) is 0 Å². The van der Waals surface area contributed by atoms with Crippen LogP contribution in [0.2, 0.25) is 0 Å². The van der Waals surface area contributed by atoms with Crippen LogP contribution in [0.15, 0.2) is 68.1 Å². The van der Waals surface area contributed by atoms with Crippen molar-refractivity contribution in [3.63, 3.8) is 0 Å². The number of carbonyl (C=O) groups is 2. The van der Waals surface area contributed by atoms with E-state index in [2.05, 4.69) is 13.2 Å². The lowest BCUT2D eigenvalue weighted by Gasteiger charge is -2.10. The topological polar surface area (TPSA) is 61.8 Å². The van der Waals surface area contributed by atoms with Gasteiger partial charge in [-0.2, -0.15) is 0 Å². The lowest BCUT2D eigenvalue weighted by molar-refractivity contribution is 0.0654. The molecule has 5 heteroatoms. The normalized spacial score (nSPS) is 9.71. The number of carbonyl (C=O) groups excluding carboxylic acids is 2. The molecular weight excluding hydrogens is 308 g/mol. The molecule has 0 amide bonds. The van der Waals surface area contributed by atoms with E-state index in [1.54, 1.807) is 42.5 Å². The Morgan fingerprint density at radius 3 is 1.96 bits per heavy atom. The number of rotatable bonds is 6. The quantitative estimate of drug-likeness (QED) is 0.582. The van der Waals surface area contributed by atoms with Crippen LogP contribution in [-0.4, -0.2) is 11.9 Å². The lowest BCUT2D eigenvalue weighted by atomic mass is 10.1. The van der Waals surface area contributed by atoms with Crippen molar-refractivity contribution in [2.45, 2.75) is 6.92 Å². The van der Waals surface area contributed by atoms with Crippen LogP contribution >= 0.6 is 0 Å². The van der Waals surface area contributed by atoms with Crippen molar-refractivity contribution in [3.05, 3.63) is 84.8 Å². The first kappa shape index (κ1) is 17.0. The summed E-state index contributed by atoms with van der Waals surface area (Å²) in [6, 6.07) is 11.4. The first-order chi connectivity index (χ1) is 11.5. The van der Waals surface area contributed by atoms with E-state index in [1.807, 2.05) is 6.92 Å². The maximum Gasteiger partial charge on any atom is 0.342 e. The van der Waals surface area contributed by atoms with E-state index >= 15 is 0 Å². The third-order valence-electron chi connectivity index (χ3n) is 3.11. The first-order valence-corrected chi connectivity index (χ1v) is 7.07. The molecule has 2 rings (SSSR count). The van der Waals surface area contributed by atoms with E-state index in [1.165, 1.54) is 0 Å². The Balaban J connectivity index is 2.13. The van der Waals surface area contributed by atoms with Crippen LogP contribution in [0.25, 0.3) is 0 Å². The summed E-state index contributed by atoms with van der Waals surface area (Å²) in [5.74, 6) is 0.170. The minimum Gasteiger partial charge on any atom is -0.457 e. The monoisotopic (exact) mass is 324 g/mol. The van der Waals surface area contributed by atoms with Crippen LogP contribution in [0.3, 0.4) is 0 Å². The lowest BCUT2D eigenvalue weighted by Crippen LogP contribution is -2.01. The van der Waals surface area contributed by atoms with Crippen molar-refractivity contribution in [2.24, 2.45) is 0 Å². The van der Waals surface area contributed by atoms with Crippen LogP contribution in [-0.2, 0) is 9.47 Å². The Bertz CT molecular complexity index is 775. The number of benzene rings is 2. The molecule has 0 N–H and O–H groups in total. The second kappa shape index (κ2) is 7.78. The summed E-state index contributed by atoms with van der Waals surface area (Å²) >= 11 is 0. The Hall–Kier alpha value is -3.34. The van der Waals surface area contributed by atoms with Gasteiger partial charge < -0.3 is 14.2 Å². The van der Waals surface area contributed by atoms with Crippen molar-refractivity contribution in [2.75, 3.05) is 0 Å². The summed E-state index contributed by atoms with van der Waals surface area (Å²) in [5.41, 5.74) is 1.56. The molecule has 0 unspecified atom stereocenters. The number of aryl methyl sites for hydroxylation is 1. The maximum absolute atomic E-state index is 11.6. The van der Waals surface area contributed by atoms with Crippen molar-refractivity contribution in [3.8, 4) is 11.5 Å². The van der Waals surface area contributed by atoms with Gasteiger partial charge in [0, 0.05) is 0 Å². The van der Waals surface area contributed by atoms with Gasteiger partial charge in [-0.25, -0.2) is 9.59 Å². The van der Waals surface area contributed by atoms with Crippen LogP contribution < -0.4 is 4.74 Å². The van der Waals surface area contributed by atoms with Gasteiger partial charge in [-0.15, -0.1) is 0 Å². The van der Waals surface area contributed by atoms with E-state index in [4.69, 9.17) is 14.2 Å². The summed E-state index contributed by atoms with van der Waals surface area (Å²) in [7, 11) is 0. The second-order valence-electron chi connectivity index (χ2n) is 4.75. The van der Waals surface area contributed by atoms with Crippen LogP contribution in [0.5, 0.6) is 11.5 Å². The fourth-order valence-electron chi connectivity index (χ4n) is 1.96. The minimum atomic E-state index is -0.488. The molecule has 0 bridgehead atoms. The number of hydrogen-bond donors (Lipinski definition) is 0. The Morgan fingerprint density at radius 1 is 0.875 bits per heavy atom. The van der Waals surface area contributed by atoms with Gasteiger partial charge in [0.25, 0.3) is 0 Å². The molecule has 0 aliphatic carbocycles. The van der Waals surface area contributed by atoms with Crippen LogP contribution in [0.4, 0.5) is 0 Å². The molecule has 0 spiro atoms. The summed E-state index contributed by atoms with van der Waals surface area (Å²) in [4.78, 5) is 23.2. The standard InChI is InChI=1S/C19H16O5/c1-4-22-18(20)14-6-9-16(10-7-14)24-17-11-8-15(12-13(17)3)19(21)23-5-2/h4-12H,1-2H2,3H3. The van der Waals surface area contributed by atoms with Crippen LogP contribution in [0, 0.1) is 6.92 Å². The van der Waals surface area contributed by atoms with Gasteiger partial charge in [-0.1, -0.05) is 13.2 Å². The predicted molar refractivity (Wildman–Crippen MR) is 88.9 cm³/mol. The zero-order valence-corrected chi connectivity index (χ0v) is 13.2. The van der Waals surface area contributed by atoms with Crippen molar-refractivity contribution < 1.29 is 23.8 Å². The number of ether oxygens (including phenoxy) is 3. The van der Waals surface area contributed by atoms with E-state index < -0.39 is 11.9 Å². The Kier molecular flexibility index (Phi) is 5.52. The maximum atomic E-state index is 11.6. The van der Waals surface area contributed by atoms with Crippen molar-refractivity contribution in [1.29, 1.82) is 0 Å². The molecular formula is C19H16O5. The van der Waals surface area contributed by atoms with Gasteiger partial charge in [-0.3, -0.25) is 0 Å². The van der Waals surface area contributed by atoms with Gasteiger partial charge >= 0.3 is 11.9 Å². The molecule has 0 heterocycles. The van der Waals surface area contributed by atoms with E-state index in [9.17, 15) is 9.59 Å². The van der Waals surface area contributed by atoms with E-state index in [-0.39, 0.29) is 0 Å². The predicted octanol–water partition coefficient (Wildman–Crippen LogP) is 4.39. The fourth-order valence-corrected chi connectivity index (χ4v) is 1.96. The zero-order valence-electron chi connectivity index (χ0n) is 13.2. The third kappa shape index (κ3) is 4.10. The molecule has 0 aromatic heterocycles. The summed E-state index contributed by atoms with van der Waals surface area (Å²) in [6.45, 7) is 8.50. The van der Waals surface area contributed by atoms with Crippen molar-refractivity contribution in [1.82, 2.24) is 0 Å². The molecule has 0 radical (unpaired) electrons. The summed E-state index contributed by atoms with van der Waals surface area (Å²) in [6.07, 6.45) is 2.16. The number of esters is 2. The van der Waals surface area contributed by atoms with Crippen molar-refractivity contribution >= 4 is 11.9 Å². The molecule has 5 nitrogen and oxygen atoms in total. The highest BCUT2D eigenvalue weighted by Gasteiger charge is 2.10. The fraction of sp³-hybridized carbons (Fsp3) is 0.0526. The van der Waals surface area contributed by atoms with E-state index in [0.717, 1.165) is 18.1 Å². The third-order valence-corrected chi connectivity index (χ3v) is 3.11. The minimum absolute atomic E-state index is 0.390. The largest absolute Gasteiger partial charge is 0.457 e.